The molecule has 0 amide bonds. The number of likely N-dealkylation sites (N-methyl/N-ethyl adjacent to an activating group) is 1. The van der Waals surface area contributed by atoms with Crippen molar-refractivity contribution in [1.29, 1.82) is 0 Å². The lowest BCUT2D eigenvalue weighted by Gasteiger charge is -2.49. The summed E-state index contributed by atoms with van der Waals surface area (Å²) in [6, 6.07) is 8.27. The molecule has 0 aromatic heterocycles. The van der Waals surface area contributed by atoms with Gasteiger partial charge < -0.3 is 63.8 Å². The van der Waals surface area contributed by atoms with Gasteiger partial charge in [-0.2, -0.15) is 0 Å². The molecule has 3 aliphatic heterocycles. The van der Waals surface area contributed by atoms with Crippen LogP contribution >= 0.6 is 0 Å². The first kappa shape index (κ1) is 51.2. The van der Waals surface area contributed by atoms with Crippen molar-refractivity contribution in [3.8, 4) is 0 Å². The standard InChI is InChI=1S/C46H78N2O13/c1-14-35-46(11,54)39(50)31(7)47-23-26(2)21-45(10,53)40(28(4)37(29(5)41(51)58-35)59-36-22-44(9,25-49)30(6)32(8)57-36)61-42-38(34(48(12)13)20-27(3)56-42)60-43(52)55-24-33-18-16-15-17-19-33/h15-19,26-32,34-40,42,47,49-50,53-54H,14,20-25H2,1-13H3/t26-,27-,28+,29-,30+,31-,32+,34+,35-,36+,37+,38-,39-,40-,42+,44+,45+,46-/m1/s1. The first-order valence-corrected chi connectivity index (χ1v) is 22.3. The molecule has 0 bridgehead atoms. The molecule has 15 heteroatoms. The highest BCUT2D eigenvalue weighted by Gasteiger charge is 2.52. The zero-order valence-corrected chi connectivity index (χ0v) is 38.9. The second kappa shape index (κ2) is 21.5. The van der Waals surface area contributed by atoms with E-state index in [4.69, 9.17) is 33.2 Å². The highest BCUT2D eigenvalue weighted by Crippen LogP contribution is 2.44. The Hall–Kier alpha value is -2.44. The van der Waals surface area contributed by atoms with E-state index in [1.165, 1.54) is 6.92 Å². The predicted octanol–water partition coefficient (Wildman–Crippen LogP) is 4.79. The normalized spacial score (nSPS) is 43.4. The van der Waals surface area contributed by atoms with Crippen LogP contribution < -0.4 is 5.32 Å². The first-order valence-electron chi connectivity index (χ1n) is 22.3. The molecule has 4 rings (SSSR count). The minimum Gasteiger partial charge on any atom is -0.459 e. The Morgan fingerprint density at radius 3 is 2.21 bits per heavy atom. The van der Waals surface area contributed by atoms with E-state index in [1.54, 1.807) is 27.7 Å². The molecule has 61 heavy (non-hydrogen) atoms. The number of rotatable bonds is 10. The number of nitrogens with one attached hydrogen (secondary N) is 1. The van der Waals surface area contributed by atoms with Crippen molar-refractivity contribution < 1.29 is 63.2 Å². The number of aliphatic hydroxyl groups is 4. The smallest absolute Gasteiger partial charge is 0.459 e. The summed E-state index contributed by atoms with van der Waals surface area (Å²) in [6.45, 7) is 20.2. The quantitative estimate of drug-likeness (QED) is 0.202. The number of carbonyl (C=O) groups is 2. The van der Waals surface area contributed by atoms with Crippen LogP contribution in [0.1, 0.15) is 107 Å². The number of carbonyl (C=O) groups excluding carboxylic acids is 2. The molecule has 0 aliphatic carbocycles. The summed E-state index contributed by atoms with van der Waals surface area (Å²) in [6.07, 6.45) is -7.97. The Morgan fingerprint density at radius 1 is 0.951 bits per heavy atom. The van der Waals surface area contributed by atoms with Crippen LogP contribution in [0.3, 0.4) is 0 Å². The van der Waals surface area contributed by atoms with Crippen molar-refractivity contribution >= 4 is 12.1 Å². The van der Waals surface area contributed by atoms with Gasteiger partial charge in [0, 0.05) is 30.4 Å². The lowest BCUT2D eigenvalue weighted by atomic mass is 9.71. The predicted molar refractivity (Wildman–Crippen MR) is 228 cm³/mol. The third-order valence-electron chi connectivity index (χ3n) is 13.8. The van der Waals surface area contributed by atoms with Gasteiger partial charge in [0.25, 0.3) is 0 Å². The Kier molecular flexibility index (Phi) is 18.0. The Morgan fingerprint density at radius 2 is 1.61 bits per heavy atom. The molecule has 0 saturated carbocycles. The van der Waals surface area contributed by atoms with Gasteiger partial charge in [-0.15, -0.1) is 0 Å². The number of hydrogen-bond acceptors (Lipinski definition) is 15. The van der Waals surface area contributed by atoms with Crippen molar-refractivity contribution in [3.05, 3.63) is 35.9 Å². The monoisotopic (exact) mass is 867 g/mol. The fourth-order valence-corrected chi connectivity index (χ4v) is 9.57. The molecule has 1 aromatic carbocycles. The zero-order valence-electron chi connectivity index (χ0n) is 38.9. The molecule has 3 heterocycles. The number of cyclic esters (lactones) is 1. The summed E-state index contributed by atoms with van der Waals surface area (Å²) in [5, 5.41) is 49.8. The van der Waals surface area contributed by atoms with Crippen molar-refractivity contribution in [1.82, 2.24) is 10.2 Å². The average molecular weight is 867 g/mol. The summed E-state index contributed by atoms with van der Waals surface area (Å²) >= 11 is 0. The highest BCUT2D eigenvalue weighted by atomic mass is 16.8. The summed E-state index contributed by atoms with van der Waals surface area (Å²) in [4.78, 5) is 29.8. The van der Waals surface area contributed by atoms with Crippen LogP contribution in [0.15, 0.2) is 30.3 Å². The minimum absolute atomic E-state index is 0.00493. The Bertz CT molecular complexity index is 1530. The molecule has 15 nitrogen and oxygen atoms in total. The molecule has 0 unspecified atom stereocenters. The second-order valence-corrected chi connectivity index (χ2v) is 19.4. The van der Waals surface area contributed by atoms with E-state index in [0.717, 1.165) is 5.56 Å². The van der Waals surface area contributed by atoms with Gasteiger partial charge in [-0.25, -0.2) is 4.79 Å². The number of esters is 1. The maximum atomic E-state index is 14.4. The highest BCUT2D eigenvalue weighted by molar-refractivity contribution is 5.73. The van der Waals surface area contributed by atoms with Crippen molar-refractivity contribution in [2.45, 2.75) is 187 Å². The van der Waals surface area contributed by atoms with Gasteiger partial charge in [-0.1, -0.05) is 65.0 Å². The largest absolute Gasteiger partial charge is 0.509 e. The van der Waals surface area contributed by atoms with E-state index in [-0.39, 0.29) is 56.1 Å². The average Bonchev–Trinajstić information content (AvgIpc) is 3.20. The molecule has 18 atom stereocenters. The van der Waals surface area contributed by atoms with Crippen LogP contribution in [0.25, 0.3) is 0 Å². The molecule has 0 spiro atoms. The fraction of sp³-hybridized carbons (Fsp3) is 0.826. The van der Waals surface area contributed by atoms with Gasteiger partial charge in [0.1, 0.15) is 24.4 Å². The van der Waals surface area contributed by atoms with Crippen molar-refractivity contribution in [2.24, 2.45) is 29.1 Å². The molecule has 3 fully saturated rings. The summed E-state index contributed by atoms with van der Waals surface area (Å²) in [5.74, 6) is -2.74. The van der Waals surface area contributed by atoms with E-state index >= 15 is 0 Å². The third kappa shape index (κ3) is 12.6. The maximum absolute atomic E-state index is 14.4. The third-order valence-corrected chi connectivity index (χ3v) is 13.8. The zero-order chi connectivity index (χ0) is 45.6. The maximum Gasteiger partial charge on any atom is 0.509 e. The summed E-state index contributed by atoms with van der Waals surface area (Å²) in [7, 11) is 3.76. The second-order valence-electron chi connectivity index (χ2n) is 19.4. The van der Waals surface area contributed by atoms with Crippen LogP contribution in [0.5, 0.6) is 0 Å². The van der Waals surface area contributed by atoms with Gasteiger partial charge in [0.15, 0.2) is 18.7 Å². The number of hydrogen-bond donors (Lipinski definition) is 5. The molecule has 3 saturated heterocycles. The van der Waals surface area contributed by atoms with Gasteiger partial charge in [-0.05, 0) is 98.8 Å². The van der Waals surface area contributed by atoms with Crippen LogP contribution in [0.4, 0.5) is 4.79 Å². The lowest BCUT2D eigenvalue weighted by molar-refractivity contribution is -0.311. The first-order chi connectivity index (χ1) is 28.4. The van der Waals surface area contributed by atoms with E-state index in [1.807, 2.05) is 90.9 Å². The van der Waals surface area contributed by atoms with Crippen LogP contribution in [0, 0.1) is 29.1 Å². The fourth-order valence-electron chi connectivity index (χ4n) is 9.57. The van der Waals surface area contributed by atoms with E-state index in [2.05, 4.69) is 5.32 Å². The molecule has 5 N–H and O–H groups in total. The summed E-state index contributed by atoms with van der Waals surface area (Å²) < 4.78 is 44.4. The molecule has 3 aliphatic rings. The molecular weight excluding hydrogens is 789 g/mol. The number of ether oxygens (including phenoxy) is 7. The lowest BCUT2D eigenvalue weighted by Crippen LogP contribution is -2.60. The Labute approximate surface area is 364 Å². The Balaban J connectivity index is 1.81. The minimum atomic E-state index is -1.82. The van der Waals surface area contributed by atoms with E-state index in [0.29, 0.717) is 19.4 Å². The van der Waals surface area contributed by atoms with Crippen molar-refractivity contribution in [3.63, 3.8) is 0 Å². The van der Waals surface area contributed by atoms with Gasteiger partial charge in [-0.3, -0.25) is 4.79 Å². The molecular formula is C46H78N2O13. The van der Waals surface area contributed by atoms with Crippen LogP contribution in [-0.4, -0.2) is 143 Å². The van der Waals surface area contributed by atoms with Crippen LogP contribution in [0.2, 0.25) is 0 Å². The van der Waals surface area contributed by atoms with E-state index in [9.17, 15) is 30.0 Å². The SMILES string of the molecule is CC[C@H]1OC(=O)[C@H](C)[C@@H](O[C@H]2C[C@@](C)(CO)[C@@H](C)[C@H](C)O2)[C@H](C)[C@@H](O[C@@H]2O[C@H](C)C[C@H](N(C)C)[C@H]2OC(=O)OCc2ccccc2)[C@@](C)(O)C[C@@H](C)CN[C@H](C)[C@@H](O)[C@]1(C)O. The van der Waals surface area contributed by atoms with E-state index < -0.39 is 89.7 Å². The number of aliphatic hydroxyl groups excluding tert-OH is 2. The van der Waals surface area contributed by atoms with Gasteiger partial charge >= 0.3 is 12.1 Å². The van der Waals surface area contributed by atoms with Gasteiger partial charge in [0.05, 0.1) is 42.0 Å². The van der Waals surface area contributed by atoms with Crippen molar-refractivity contribution in [2.75, 3.05) is 27.2 Å². The summed E-state index contributed by atoms with van der Waals surface area (Å²) in [5.41, 5.74) is -3.23. The van der Waals surface area contributed by atoms with Gasteiger partial charge in [0.2, 0.25) is 0 Å². The van der Waals surface area contributed by atoms with Crippen LogP contribution in [-0.2, 0) is 44.6 Å². The molecule has 1 aromatic rings. The molecule has 350 valence electrons. The number of benzene rings is 1. The topological polar surface area (TPSA) is 195 Å². The number of nitrogens with zero attached hydrogens (tertiary/aromatic N) is 1. The molecule has 0 radical (unpaired) electrons.